The SMILES string of the molecule is COC(=O)C1=C[C@@H]2CCC[C@@H]2C(=O)N1. The normalized spacial score (nSPS) is 30.4. The minimum atomic E-state index is -0.455. The average molecular weight is 195 g/mol. The van der Waals surface area contributed by atoms with Gasteiger partial charge in [-0.15, -0.1) is 0 Å². The molecule has 1 N–H and O–H groups in total. The topological polar surface area (TPSA) is 55.4 Å². The molecule has 0 spiro atoms. The number of hydrogen-bond donors (Lipinski definition) is 1. The molecule has 1 fully saturated rings. The van der Waals surface area contributed by atoms with Gasteiger partial charge in [-0.25, -0.2) is 4.79 Å². The van der Waals surface area contributed by atoms with Crippen molar-refractivity contribution >= 4 is 11.9 Å². The van der Waals surface area contributed by atoms with Crippen molar-refractivity contribution in [3.05, 3.63) is 11.8 Å². The first-order valence-electron chi connectivity index (χ1n) is 4.83. The minimum Gasteiger partial charge on any atom is -0.464 e. The molecule has 1 saturated carbocycles. The van der Waals surface area contributed by atoms with Gasteiger partial charge in [0, 0.05) is 5.92 Å². The Bertz CT molecular complexity index is 308. The number of carbonyl (C=O) groups is 2. The molecule has 76 valence electrons. The van der Waals surface area contributed by atoms with Gasteiger partial charge in [-0.2, -0.15) is 0 Å². The third kappa shape index (κ3) is 1.41. The van der Waals surface area contributed by atoms with Gasteiger partial charge in [0.1, 0.15) is 5.70 Å². The fourth-order valence-corrected chi connectivity index (χ4v) is 2.22. The van der Waals surface area contributed by atoms with Crippen molar-refractivity contribution in [3.8, 4) is 0 Å². The van der Waals surface area contributed by atoms with Gasteiger partial charge in [0.05, 0.1) is 7.11 Å². The Morgan fingerprint density at radius 2 is 2.36 bits per heavy atom. The minimum absolute atomic E-state index is 0.0320. The van der Waals surface area contributed by atoms with Gasteiger partial charge in [0.25, 0.3) is 0 Å². The van der Waals surface area contributed by atoms with Crippen LogP contribution in [0.2, 0.25) is 0 Å². The molecular weight excluding hydrogens is 182 g/mol. The van der Waals surface area contributed by atoms with Crippen molar-refractivity contribution in [1.29, 1.82) is 0 Å². The molecule has 0 unspecified atom stereocenters. The predicted molar refractivity (Wildman–Crippen MR) is 49.1 cm³/mol. The molecule has 4 nitrogen and oxygen atoms in total. The van der Waals surface area contributed by atoms with E-state index in [0.29, 0.717) is 5.70 Å². The van der Waals surface area contributed by atoms with E-state index in [-0.39, 0.29) is 17.7 Å². The Morgan fingerprint density at radius 3 is 3.07 bits per heavy atom. The number of ether oxygens (including phenoxy) is 1. The molecule has 0 saturated heterocycles. The van der Waals surface area contributed by atoms with Gasteiger partial charge in [-0.1, -0.05) is 6.42 Å². The number of methoxy groups -OCH3 is 1. The van der Waals surface area contributed by atoms with Crippen LogP contribution >= 0.6 is 0 Å². The van der Waals surface area contributed by atoms with Crippen LogP contribution in [0.3, 0.4) is 0 Å². The van der Waals surface area contributed by atoms with Crippen LogP contribution in [0.1, 0.15) is 19.3 Å². The number of amides is 1. The number of fused-ring (bicyclic) bond motifs is 1. The van der Waals surface area contributed by atoms with Crippen molar-refractivity contribution in [2.75, 3.05) is 7.11 Å². The lowest BCUT2D eigenvalue weighted by Crippen LogP contribution is -2.39. The second kappa shape index (κ2) is 3.44. The number of rotatable bonds is 1. The van der Waals surface area contributed by atoms with Crippen molar-refractivity contribution < 1.29 is 14.3 Å². The molecule has 2 aliphatic rings. The molecule has 2 atom stereocenters. The predicted octanol–water partition coefficient (Wildman–Crippen LogP) is 0.589. The van der Waals surface area contributed by atoms with Crippen LogP contribution < -0.4 is 5.32 Å². The maximum atomic E-state index is 11.5. The second-order valence-electron chi connectivity index (χ2n) is 3.76. The van der Waals surface area contributed by atoms with Crippen molar-refractivity contribution in [1.82, 2.24) is 5.32 Å². The summed E-state index contributed by atoms with van der Waals surface area (Å²) in [4.78, 5) is 22.7. The first-order chi connectivity index (χ1) is 6.72. The lowest BCUT2D eigenvalue weighted by Gasteiger charge is -2.22. The summed E-state index contributed by atoms with van der Waals surface area (Å²) in [5, 5.41) is 2.59. The van der Waals surface area contributed by atoms with Crippen LogP contribution in [0.4, 0.5) is 0 Å². The highest BCUT2D eigenvalue weighted by Crippen LogP contribution is 2.35. The van der Waals surface area contributed by atoms with E-state index >= 15 is 0 Å². The molecule has 0 aromatic carbocycles. The van der Waals surface area contributed by atoms with Crippen LogP contribution in [0.15, 0.2) is 11.8 Å². The molecule has 1 amide bonds. The Kier molecular flexibility index (Phi) is 2.27. The summed E-state index contributed by atoms with van der Waals surface area (Å²) in [6, 6.07) is 0. The highest BCUT2D eigenvalue weighted by molar-refractivity contribution is 5.96. The fraction of sp³-hybridized carbons (Fsp3) is 0.600. The van der Waals surface area contributed by atoms with Crippen molar-refractivity contribution in [3.63, 3.8) is 0 Å². The fourth-order valence-electron chi connectivity index (χ4n) is 2.22. The van der Waals surface area contributed by atoms with E-state index in [4.69, 9.17) is 0 Å². The van der Waals surface area contributed by atoms with E-state index in [1.807, 2.05) is 6.08 Å². The zero-order valence-electron chi connectivity index (χ0n) is 8.08. The smallest absolute Gasteiger partial charge is 0.354 e. The average Bonchev–Trinajstić information content (AvgIpc) is 2.64. The third-order valence-electron chi connectivity index (χ3n) is 2.95. The molecule has 0 bridgehead atoms. The molecular formula is C10H13NO3. The highest BCUT2D eigenvalue weighted by Gasteiger charge is 2.36. The van der Waals surface area contributed by atoms with Gasteiger partial charge in [-0.3, -0.25) is 4.79 Å². The van der Waals surface area contributed by atoms with Crippen LogP contribution in [0, 0.1) is 11.8 Å². The van der Waals surface area contributed by atoms with Gasteiger partial charge < -0.3 is 10.1 Å². The van der Waals surface area contributed by atoms with Crippen LogP contribution in [-0.2, 0) is 14.3 Å². The monoisotopic (exact) mass is 195 g/mol. The number of allylic oxidation sites excluding steroid dienone is 1. The molecule has 0 aromatic heterocycles. The van der Waals surface area contributed by atoms with Gasteiger partial charge >= 0.3 is 5.97 Å². The largest absolute Gasteiger partial charge is 0.464 e. The number of nitrogens with one attached hydrogen (secondary N) is 1. The number of hydrogen-bond acceptors (Lipinski definition) is 3. The summed E-state index contributed by atoms with van der Waals surface area (Å²) in [5.41, 5.74) is 0.306. The molecule has 14 heavy (non-hydrogen) atoms. The summed E-state index contributed by atoms with van der Waals surface area (Å²) in [6.45, 7) is 0. The number of carbonyl (C=O) groups excluding carboxylic acids is 2. The third-order valence-corrected chi connectivity index (χ3v) is 2.95. The van der Waals surface area contributed by atoms with E-state index in [1.54, 1.807) is 0 Å². The summed E-state index contributed by atoms with van der Waals surface area (Å²) in [7, 11) is 1.32. The van der Waals surface area contributed by atoms with Crippen LogP contribution in [0.5, 0.6) is 0 Å². The lowest BCUT2D eigenvalue weighted by atomic mass is 9.91. The van der Waals surface area contributed by atoms with Crippen LogP contribution in [-0.4, -0.2) is 19.0 Å². The molecule has 1 aliphatic carbocycles. The van der Waals surface area contributed by atoms with Gasteiger partial charge in [-0.05, 0) is 24.8 Å². The van der Waals surface area contributed by atoms with Crippen molar-refractivity contribution in [2.24, 2.45) is 11.8 Å². The lowest BCUT2D eigenvalue weighted by molar-refractivity contribution is -0.139. The maximum Gasteiger partial charge on any atom is 0.354 e. The van der Waals surface area contributed by atoms with Crippen LogP contribution in [0.25, 0.3) is 0 Å². The molecule has 2 rings (SSSR count). The summed E-state index contributed by atoms with van der Waals surface area (Å²) < 4.78 is 4.56. The van der Waals surface area contributed by atoms with E-state index in [0.717, 1.165) is 19.3 Å². The Labute approximate surface area is 82.3 Å². The molecule has 0 aromatic rings. The molecule has 1 heterocycles. The quantitative estimate of drug-likeness (QED) is 0.623. The van der Waals surface area contributed by atoms with Gasteiger partial charge in [0.15, 0.2) is 0 Å². The summed E-state index contributed by atoms with van der Waals surface area (Å²) in [5.74, 6) is -0.180. The zero-order chi connectivity index (χ0) is 10.1. The van der Waals surface area contributed by atoms with E-state index in [2.05, 4.69) is 10.1 Å². The number of esters is 1. The first kappa shape index (κ1) is 9.24. The Morgan fingerprint density at radius 1 is 1.57 bits per heavy atom. The molecule has 0 radical (unpaired) electrons. The molecule has 4 heteroatoms. The molecule has 1 aliphatic heterocycles. The standard InChI is InChI=1S/C10H13NO3/c1-14-10(13)8-5-6-3-2-4-7(6)9(12)11-8/h5-7H,2-4H2,1H3,(H,11,12)/t6-,7-/m0/s1. The van der Waals surface area contributed by atoms with Gasteiger partial charge in [0.2, 0.25) is 5.91 Å². The first-order valence-corrected chi connectivity index (χ1v) is 4.83. The van der Waals surface area contributed by atoms with Crippen molar-refractivity contribution in [2.45, 2.75) is 19.3 Å². The maximum absolute atomic E-state index is 11.5. The Hall–Kier alpha value is -1.32. The second-order valence-corrected chi connectivity index (χ2v) is 3.76. The highest BCUT2D eigenvalue weighted by atomic mass is 16.5. The summed E-state index contributed by atoms with van der Waals surface area (Å²) in [6.07, 6.45) is 4.83. The van der Waals surface area contributed by atoms with E-state index < -0.39 is 5.97 Å². The van der Waals surface area contributed by atoms with E-state index in [1.165, 1.54) is 7.11 Å². The Balaban J connectivity index is 2.21. The van der Waals surface area contributed by atoms with E-state index in [9.17, 15) is 9.59 Å². The summed E-state index contributed by atoms with van der Waals surface area (Å²) >= 11 is 0. The zero-order valence-corrected chi connectivity index (χ0v) is 8.08.